The number of amides is 2. The summed E-state index contributed by atoms with van der Waals surface area (Å²) in [5.74, 6) is 0.642. The number of hydrogen-bond acceptors (Lipinski definition) is 3. The molecule has 0 bridgehead atoms. The van der Waals surface area contributed by atoms with Gasteiger partial charge in [-0.3, -0.25) is 9.59 Å². The third-order valence-corrected chi connectivity index (χ3v) is 8.14. The van der Waals surface area contributed by atoms with Crippen LogP contribution in [-0.4, -0.2) is 34.6 Å². The van der Waals surface area contributed by atoms with Gasteiger partial charge in [-0.25, -0.2) is 0 Å². The van der Waals surface area contributed by atoms with Gasteiger partial charge in [0.15, 0.2) is 0 Å². The van der Waals surface area contributed by atoms with Crippen LogP contribution in [0.1, 0.15) is 37.0 Å². The quantitative estimate of drug-likeness (QED) is 0.227. The van der Waals surface area contributed by atoms with E-state index in [0.29, 0.717) is 22.2 Å². The van der Waals surface area contributed by atoms with Crippen LogP contribution in [0.2, 0.25) is 10.0 Å². The second-order valence-electron chi connectivity index (χ2n) is 8.90. The number of benzene rings is 3. The van der Waals surface area contributed by atoms with Crippen molar-refractivity contribution in [3.63, 3.8) is 0 Å². The van der Waals surface area contributed by atoms with Gasteiger partial charge in [-0.05, 0) is 54.3 Å². The molecule has 0 aliphatic heterocycles. The van der Waals surface area contributed by atoms with Gasteiger partial charge in [0.05, 0.1) is 5.75 Å². The molecule has 3 rings (SSSR count). The normalized spacial score (nSPS) is 12.6. The van der Waals surface area contributed by atoms with Crippen molar-refractivity contribution in [3.8, 4) is 0 Å². The predicted molar refractivity (Wildman–Crippen MR) is 159 cm³/mol. The van der Waals surface area contributed by atoms with Gasteiger partial charge in [0, 0.05) is 39.3 Å². The Bertz CT molecular complexity index is 1180. The minimum Gasteiger partial charge on any atom is -0.352 e. The number of hydrogen-bond donors (Lipinski definition) is 1. The fourth-order valence-electron chi connectivity index (χ4n) is 3.75. The lowest BCUT2D eigenvalue weighted by molar-refractivity contribution is -0.139. The van der Waals surface area contributed by atoms with Crippen molar-refractivity contribution in [2.45, 2.75) is 51.1 Å². The Labute approximate surface area is 242 Å². The maximum atomic E-state index is 13.7. The van der Waals surface area contributed by atoms with Gasteiger partial charge in [0.2, 0.25) is 11.8 Å². The Morgan fingerprint density at radius 2 is 1.70 bits per heavy atom. The number of carbonyl (C=O) groups is 2. The maximum Gasteiger partial charge on any atom is 0.243 e. The van der Waals surface area contributed by atoms with E-state index >= 15 is 0 Å². The first-order valence-corrected chi connectivity index (χ1v) is 14.9. The van der Waals surface area contributed by atoms with Crippen molar-refractivity contribution in [1.29, 1.82) is 0 Å². The molecule has 3 aromatic carbocycles. The molecule has 0 radical (unpaired) electrons. The average molecular weight is 622 g/mol. The summed E-state index contributed by atoms with van der Waals surface area (Å²) < 4.78 is 1.01. The highest BCUT2D eigenvalue weighted by atomic mass is 79.9. The van der Waals surface area contributed by atoms with Gasteiger partial charge in [-0.1, -0.05) is 94.6 Å². The standard InChI is InChI=1S/C29H31BrCl2N2O2S/c1-3-20(2)33-29(36)27(15-21-7-5-4-6-8-21)34(17-23-11-14-25(31)16-26(23)32)28(35)19-37-18-22-9-12-24(30)13-10-22/h4-14,16,20,27H,3,15,17-19H2,1-2H3,(H,33,36)/t20-,27-/m1/s1. The first kappa shape index (κ1) is 29.6. The summed E-state index contributed by atoms with van der Waals surface area (Å²) in [6.07, 6.45) is 1.20. The molecule has 8 heteroatoms. The van der Waals surface area contributed by atoms with Crippen LogP contribution >= 0.6 is 50.9 Å². The first-order chi connectivity index (χ1) is 17.8. The highest BCUT2D eigenvalue weighted by Gasteiger charge is 2.31. The summed E-state index contributed by atoms with van der Waals surface area (Å²) in [6, 6.07) is 22.3. The molecule has 0 fully saturated rings. The Morgan fingerprint density at radius 1 is 1.00 bits per heavy atom. The molecule has 0 saturated carbocycles. The van der Waals surface area contributed by atoms with Gasteiger partial charge in [-0.2, -0.15) is 0 Å². The van der Waals surface area contributed by atoms with Crippen LogP contribution < -0.4 is 5.32 Å². The van der Waals surface area contributed by atoms with E-state index in [4.69, 9.17) is 23.2 Å². The van der Waals surface area contributed by atoms with Crippen LogP contribution in [0.4, 0.5) is 0 Å². The lowest BCUT2D eigenvalue weighted by Gasteiger charge is -2.32. The summed E-state index contributed by atoms with van der Waals surface area (Å²) in [5.41, 5.74) is 2.85. The molecular formula is C29H31BrCl2N2O2S. The second-order valence-corrected chi connectivity index (χ2v) is 11.6. The van der Waals surface area contributed by atoms with Crippen molar-refractivity contribution in [3.05, 3.63) is 104 Å². The Kier molecular flexibility index (Phi) is 11.8. The molecule has 0 aromatic heterocycles. The maximum absolute atomic E-state index is 13.7. The van der Waals surface area contributed by atoms with Gasteiger partial charge in [0.1, 0.15) is 6.04 Å². The zero-order valence-corrected chi connectivity index (χ0v) is 24.8. The van der Waals surface area contributed by atoms with Crippen molar-refractivity contribution in [2.24, 2.45) is 0 Å². The fourth-order valence-corrected chi connectivity index (χ4v) is 5.35. The third-order valence-electron chi connectivity index (χ3n) is 6.04. The largest absolute Gasteiger partial charge is 0.352 e. The van der Waals surface area contributed by atoms with E-state index in [1.807, 2.05) is 74.5 Å². The highest BCUT2D eigenvalue weighted by molar-refractivity contribution is 9.10. The van der Waals surface area contributed by atoms with Gasteiger partial charge in [-0.15, -0.1) is 11.8 Å². The molecule has 0 heterocycles. The van der Waals surface area contributed by atoms with E-state index in [1.54, 1.807) is 17.0 Å². The third kappa shape index (κ3) is 9.36. The van der Waals surface area contributed by atoms with Crippen LogP contribution in [-0.2, 0) is 28.3 Å². The fraction of sp³-hybridized carbons (Fsp3) is 0.310. The van der Waals surface area contributed by atoms with Crippen molar-refractivity contribution in [1.82, 2.24) is 10.2 Å². The van der Waals surface area contributed by atoms with Crippen molar-refractivity contribution >= 4 is 62.7 Å². The number of rotatable bonds is 12. The number of halogens is 3. The molecule has 37 heavy (non-hydrogen) atoms. The van der Waals surface area contributed by atoms with E-state index in [1.165, 1.54) is 11.8 Å². The highest BCUT2D eigenvalue weighted by Crippen LogP contribution is 2.25. The molecule has 0 spiro atoms. The van der Waals surface area contributed by atoms with Crippen molar-refractivity contribution < 1.29 is 9.59 Å². The van der Waals surface area contributed by atoms with Crippen LogP contribution in [0, 0.1) is 0 Å². The molecule has 0 unspecified atom stereocenters. The zero-order chi connectivity index (χ0) is 26.8. The average Bonchev–Trinajstić information content (AvgIpc) is 2.88. The smallest absolute Gasteiger partial charge is 0.243 e. The molecule has 0 aliphatic rings. The monoisotopic (exact) mass is 620 g/mol. The molecule has 0 saturated heterocycles. The second kappa shape index (κ2) is 14.8. The molecule has 2 amide bonds. The number of carbonyl (C=O) groups excluding carboxylic acids is 2. The number of thioether (sulfide) groups is 1. The van der Waals surface area contributed by atoms with Crippen LogP contribution in [0.3, 0.4) is 0 Å². The minimum absolute atomic E-state index is 0.00590. The Morgan fingerprint density at radius 3 is 2.35 bits per heavy atom. The molecule has 4 nitrogen and oxygen atoms in total. The van der Waals surface area contributed by atoms with E-state index in [0.717, 1.165) is 27.6 Å². The molecule has 0 aliphatic carbocycles. The number of nitrogens with one attached hydrogen (secondary N) is 1. The molecule has 2 atom stereocenters. The van der Waals surface area contributed by atoms with Crippen LogP contribution in [0.25, 0.3) is 0 Å². The summed E-state index contributed by atoms with van der Waals surface area (Å²) in [5, 5.41) is 4.07. The molecule has 196 valence electrons. The molecule has 1 N–H and O–H groups in total. The first-order valence-electron chi connectivity index (χ1n) is 12.2. The Balaban J connectivity index is 1.88. The van der Waals surface area contributed by atoms with Gasteiger partial charge < -0.3 is 10.2 Å². The van der Waals surface area contributed by atoms with Gasteiger partial charge >= 0.3 is 0 Å². The van der Waals surface area contributed by atoms with Gasteiger partial charge in [0.25, 0.3) is 0 Å². The van der Waals surface area contributed by atoms with Crippen LogP contribution in [0.5, 0.6) is 0 Å². The lowest BCUT2D eigenvalue weighted by atomic mass is 10.0. The summed E-state index contributed by atoms with van der Waals surface area (Å²) in [6.45, 7) is 4.19. The summed E-state index contributed by atoms with van der Waals surface area (Å²) in [4.78, 5) is 28.9. The zero-order valence-electron chi connectivity index (χ0n) is 20.9. The van der Waals surface area contributed by atoms with E-state index in [-0.39, 0.29) is 30.2 Å². The number of nitrogens with zero attached hydrogens (tertiary/aromatic N) is 1. The van der Waals surface area contributed by atoms with E-state index in [2.05, 4.69) is 21.2 Å². The SMILES string of the molecule is CC[C@@H](C)NC(=O)[C@@H](Cc1ccccc1)N(Cc1ccc(Cl)cc1Cl)C(=O)CSCc1ccc(Br)cc1. The van der Waals surface area contributed by atoms with Crippen molar-refractivity contribution in [2.75, 3.05) is 5.75 Å². The minimum atomic E-state index is -0.691. The molecule has 3 aromatic rings. The molecular weight excluding hydrogens is 591 g/mol. The lowest BCUT2D eigenvalue weighted by Crippen LogP contribution is -2.52. The van der Waals surface area contributed by atoms with Crippen LogP contribution in [0.15, 0.2) is 77.3 Å². The summed E-state index contributed by atoms with van der Waals surface area (Å²) >= 11 is 17.6. The Hall–Kier alpha value is -1.99. The van der Waals surface area contributed by atoms with E-state index < -0.39 is 6.04 Å². The predicted octanol–water partition coefficient (Wildman–Crippen LogP) is 7.54. The van der Waals surface area contributed by atoms with E-state index in [9.17, 15) is 9.59 Å². The topological polar surface area (TPSA) is 49.4 Å². The summed E-state index contributed by atoms with van der Waals surface area (Å²) in [7, 11) is 0.